The lowest BCUT2D eigenvalue weighted by atomic mass is 9.48. The highest BCUT2D eigenvalue weighted by Gasteiger charge is 2.73. The van der Waals surface area contributed by atoms with Crippen LogP contribution in [0.4, 0.5) is 0 Å². The number of aliphatic hydroxyl groups is 1. The Morgan fingerprint density at radius 3 is 2.83 bits per heavy atom. The van der Waals surface area contributed by atoms with Crippen molar-refractivity contribution >= 4 is 16.2 Å². The molecule has 2 bridgehead atoms. The molecule has 186 valence electrons. The lowest BCUT2D eigenvalue weighted by Gasteiger charge is -2.64. The molecule has 2 N–H and O–H groups in total. The Morgan fingerprint density at radius 2 is 2.06 bits per heavy atom. The van der Waals surface area contributed by atoms with Crippen LogP contribution in [0.1, 0.15) is 48.8 Å². The van der Waals surface area contributed by atoms with Gasteiger partial charge < -0.3 is 19.4 Å². The molecule has 3 fully saturated rings. The lowest BCUT2D eigenvalue weighted by Crippen LogP contribution is -2.77. The van der Waals surface area contributed by atoms with Crippen molar-refractivity contribution in [3.63, 3.8) is 0 Å². The highest BCUT2D eigenvalue weighted by atomic mass is 32.2. The second kappa shape index (κ2) is 7.35. The van der Waals surface area contributed by atoms with Crippen LogP contribution < -0.4 is 4.74 Å². The van der Waals surface area contributed by atoms with E-state index in [1.807, 2.05) is 6.07 Å². The molecule has 5 aliphatic rings. The average molecular weight is 500 g/mol. The molecule has 8 nitrogen and oxygen atoms in total. The van der Waals surface area contributed by atoms with Gasteiger partial charge in [0.1, 0.15) is 12.2 Å². The minimum Gasteiger partial charge on any atom is -0.504 e. The number of ether oxygens (including phenoxy) is 1. The maximum absolute atomic E-state index is 12.9. The normalized spacial score (nSPS) is 35.7. The molecule has 2 unspecified atom stereocenters. The van der Waals surface area contributed by atoms with Crippen LogP contribution in [0.15, 0.2) is 40.6 Å². The first-order valence-electron chi connectivity index (χ1n) is 12.4. The summed E-state index contributed by atoms with van der Waals surface area (Å²) in [6.45, 7) is 1.79. The van der Waals surface area contributed by atoms with Crippen molar-refractivity contribution in [3.05, 3.63) is 52.8 Å². The van der Waals surface area contributed by atoms with Crippen LogP contribution in [0.2, 0.25) is 0 Å². The number of hydrogen-bond acceptors (Lipinski definition) is 8. The molecule has 3 heterocycles. The second-order valence-corrected chi connectivity index (χ2v) is 12.3. The summed E-state index contributed by atoms with van der Waals surface area (Å²) >= 11 is 0. The van der Waals surface area contributed by atoms with E-state index in [2.05, 4.69) is 4.90 Å². The van der Waals surface area contributed by atoms with Gasteiger partial charge in [0.25, 0.3) is 10.1 Å². The minimum atomic E-state index is -4.03. The second-order valence-electron chi connectivity index (χ2n) is 10.8. The summed E-state index contributed by atoms with van der Waals surface area (Å²) in [4.78, 5) is 2.44. The quantitative estimate of drug-likeness (QED) is 0.584. The van der Waals surface area contributed by atoms with Gasteiger partial charge in [0.05, 0.1) is 29.0 Å². The zero-order chi connectivity index (χ0) is 24.0. The Balaban J connectivity index is 1.27. The number of rotatable bonds is 6. The third-order valence-electron chi connectivity index (χ3n) is 8.94. The molecule has 9 heteroatoms. The number of aromatic hydroxyl groups is 1. The summed E-state index contributed by atoms with van der Waals surface area (Å²) < 4.78 is 42.9. The van der Waals surface area contributed by atoms with E-state index in [-0.39, 0.29) is 11.8 Å². The molecule has 2 aromatic rings. The Kier molecular flexibility index (Phi) is 4.60. The van der Waals surface area contributed by atoms with Crippen molar-refractivity contribution in [2.24, 2.45) is 5.92 Å². The fourth-order valence-electron chi connectivity index (χ4n) is 7.27. The number of phenols is 1. The topological polar surface area (TPSA) is 109 Å². The SMILES string of the molecule is O=S(=O)(C=Cc1ccoc1)OC1CC[C@@]2(O)[C@H]3Cc4ccc(O)c5c4[C@@]2(CCN3CC2CC2)C1O5. The minimum absolute atomic E-state index is 0.0233. The number of furan rings is 1. The van der Waals surface area contributed by atoms with Crippen LogP contribution in [0.25, 0.3) is 6.08 Å². The number of piperidine rings is 1. The summed E-state index contributed by atoms with van der Waals surface area (Å²) in [6, 6.07) is 5.17. The van der Waals surface area contributed by atoms with Gasteiger partial charge in [-0.1, -0.05) is 6.07 Å². The summed E-state index contributed by atoms with van der Waals surface area (Å²) in [5.41, 5.74) is 0.649. The summed E-state index contributed by atoms with van der Waals surface area (Å²) in [5, 5.41) is 24.1. The number of phenolic OH excluding ortho intramolecular Hbond substituents is 1. The first-order valence-corrected chi connectivity index (χ1v) is 13.9. The van der Waals surface area contributed by atoms with Crippen LogP contribution >= 0.6 is 0 Å². The van der Waals surface area contributed by atoms with Gasteiger partial charge in [-0.3, -0.25) is 9.08 Å². The van der Waals surface area contributed by atoms with E-state index in [0.29, 0.717) is 42.9 Å². The number of benzene rings is 1. The Morgan fingerprint density at radius 1 is 1.20 bits per heavy atom. The van der Waals surface area contributed by atoms with Crippen LogP contribution in [0.5, 0.6) is 11.5 Å². The number of likely N-dealkylation sites (tertiary alicyclic amines) is 1. The van der Waals surface area contributed by atoms with Crippen LogP contribution in [0, 0.1) is 5.92 Å². The standard InChI is InChI=1S/C26H29NO7S/c28-19-4-3-18-13-21-26(29)8-5-20(34-35(30,31)12-7-17-6-11-32-15-17)24-25(26,22(18)23(19)33-24)9-10-27(21)14-16-1-2-16/h3-4,6-7,11-12,15-16,20-21,24,28-29H,1-2,5,8-10,13-14H2/t20?,21-,24?,25+,26-/m1/s1. The van der Waals surface area contributed by atoms with Crippen molar-refractivity contribution in [3.8, 4) is 11.5 Å². The molecule has 1 aromatic heterocycles. The van der Waals surface area contributed by atoms with Gasteiger partial charge in [0.2, 0.25) is 0 Å². The van der Waals surface area contributed by atoms with E-state index in [1.54, 1.807) is 12.1 Å². The van der Waals surface area contributed by atoms with Gasteiger partial charge in [-0.2, -0.15) is 8.42 Å². The van der Waals surface area contributed by atoms with Crippen molar-refractivity contribution in [1.29, 1.82) is 0 Å². The van der Waals surface area contributed by atoms with Crippen LogP contribution in [0.3, 0.4) is 0 Å². The Labute approximate surface area is 204 Å². The fraction of sp³-hybridized carbons (Fsp3) is 0.538. The molecule has 2 aliphatic heterocycles. The molecule has 1 saturated heterocycles. The van der Waals surface area contributed by atoms with E-state index in [9.17, 15) is 18.6 Å². The van der Waals surface area contributed by atoms with E-state index >= 15 is 0 Å². The Bertz CT molecular complexity index is 1300. The van der Waals surface area contributed by atoms with E-state index in [4.69, 9.17) is 13.3 Å². The van der Waals surface area contributed by atoms with Crippen molar-refractivity contribution in [2.45, 2.75) is 67.8 Å². The monoisotopic (exact) mass is 499 g/mol. The first-order chi connectivity index (χ1) is 16.8. The maximum atomic E-state index is 12.9. The molecule has 1 spiro atoms. The average Bonchev–Trinajstić information content (AvgIpc) is 3.33. The summed E-state index contributed by atoms with van der Waals surface area (Å²) in [5.74, 6) is 1.10. The molecule has 0 radical (unpaired) electrons. The molecule has 0 amide bonds. The predicted molar refractivity (Wildman–Crippen MR) is 126 cm³/mol. The molecular formula is C26H29NO7S. The zero-order valence-electron chi connectivity index (χ0n) is 19.3. The van der Waals surface area contributed by atoms with Crippen molar-refractivity contribution in [1.82, 2.24) is 4.90 Å². The maximum Gasteiger partial charge on any atom is 0.290 e. The lowest BCUT2D eigenvalue weighted by molar-refractivity contribution is -0.204. The van der Waals surface area contributed by atoms with Crippen molar-refractivity contribution in [2.75, 3.05) is 13.1 Å². The van der Waals surface area contributed by atoms with Gasteiger partial charge in [-0.25, -0.2) is 0 Å². The smallest absolute Gasteiger partial charge is 0.290 e. The van der Waals surface area contributed by atoms with Crippen LogP contribution in [-0.2, 0) is 26.1 Å². The van der Waals surface area contributed by atoms with Gasteiger partial charge in [-0.15, -0.1) is 0 Å². The highest BCUT2D eigenvalue weighted by Crippen LogP contribution is 2.66. The van der Waals surface area contributed by atoms with E-state index in [1.165, 1.54) is 31.4 Å². The molecule has 5 atom stereocenters. The van der Waals surface area contributed by atoms with Gasteiger partial charge in [-0.05, 0) is 74.8 Å². The highest BCUT2D eigenvalue weighted by molar-refractivity contribution is 7.89. The van der Waals surface area contributed by atoms with Crippen LogP contribution in [-0.4, -0.2) is 60.5 Å². The molecule has 35 heavy (non-hydrogen) atoms. The Hall–Kier alpha value is -2.33. The largest absolute Gasteiger partial charge is 0.504 e. The predicted octanol–water partition coefficient (Wildman–Crippen LogP) is 2.94. The number of nitrogens with zero attached hydrogens (tertiary/aromatic N) is 1. The molecular weight excluding hydrogens is 470 g/mol. The fourth-order valence-corrected chi connectivity index (χ4v) is 8.20. The zero-order valence-corrected chi connectivity index (χ0v) is 20.1. The summed E-state index contributed by atoms with van der Waals surface area (Å²) in [6.07, 6.45) is 7.44. The van der Waals surface area contributed by atoms with Gasteiger partial charge in [0, 0.05) is 23.7 Å². The number of hydrogen-bond donors (Lipinski definition) is 2. The van der Waals surface area contributed by atoms with E-state index in [0.717, 1.165) is 29.6 Å². The summed E-state index contributed by atoms with van der Waals surface area (Å²) in [7, 11) is -4.03. The molecule has 2 saturated carbocycles. The molecule has 7 rings (SSSR count). The molecule has 1 aromatic carbocycles. The molecule has 3 aliphatic carbocycles. The van der Waals surface area contributed by atoms with Crippen molar-refractivity contribution < 1.29 is 32.0 Å². The van der Waals surface area contributed by atoms with Gasteiger partial charge >= 0.3 is 0 Å². The van der Waals surface area contributed by atoms with E-state index < -0.39 is 33.3 Å². The van der Waals surface area contributed by atoms with Gasteiger partial charge in [0.15, 0.2) is 11.5 Å². The third kappa shape index (κ3) is 3.11. The third-order valence-corrected chi connectivity index (χ3v) is 9.92. The first kappa shape index (κ1) is 21.9.